The number of halogens is 7. The molecule has 0 saturated carbocycles. The zero-order valence-electron chi connectivity index (χ0n) is 4.22. The van der Waals surface area contributed by atoms with Crippen molar-refractivity contribution in [2.45, 2.75) is 14.2 Å². The molecule has 0 fully saturated rings. The zero-order chi connectivity index (χ0) is 8.58. The molecule has 0 aliphatic carbocycles. The summed E-state index contributed by atoms with van der Waals surface area (Å²) in [5.74, 6) is 0. The summed E-state index contributed by atoms with van der Waals surface area (Å²) < 4.78 is 33.1. The highest BCUT2D eigenvalue weighted by Gasteiger charge is 2.55. The quantitative estimate of drug-likeness (QED) is 0.643. The summed E-state index contributed by atoms with van der Waals surface area (Å²) >= 11 is 14.6. The number of hydrogen-bond donors (Lipinski definition) is 0. The summed E-state index contributed by atoms with van der Waals surface area (Å²) in [7, 11) is 0. The van der Waals surface area contributed by atoms with Crippen LogP contribution in [0.2, 0.25) is 0 Å². The van der Waals surface area contributed by atoms with E-state index in [1.54, 1.807) is 0 Å². The minimum Gasteiger partial charge on any atom is -0.168 e. The second-order valence-corrected chi connectivity index (χ2v) is 6.08. The molecule has 0 aromatic rings. The topological polar surface area (TPSA) is 0 Å². The molecule has 7 heteroatoms. The fourth-order valence-corrected chi connectivity index (χ4v) is 0.371. The highest BCUT2D eigenvalue weighted by atomic mass is 79.9. The van der Waals surface area contributed by atoms with Gasteiger partial charge in [-0.3, -0.25) is 0 Å². The predicted octanol–water partition coefficient (Wildman–Crippen LogP) is 3.84. The van der Waals surface area contributed by atoms with Crippen molar-refractivity contribution in [3.63, 3.8) is 0 Å². The Kier molecular flexibility index (Phi) is 3.82. The summed E-state index contributed by atoms with van der Waals surface area (Å²) in [4.78, 5) is -1.59. The van der Waals surface area contributed by atoms with Crippen molar-refractivity contribution >= 4 is 55.1 Å². The highest BCUT2D eigenvalue weighted by molar-refractivity contribution is 9.25. The Morgan fingerprint density at radius 2 is 1.40 bits per heavy atom. The molecule has 0 atom stereocenters. The Labute approximate surface area is 82.3 Å². The summed E-state index contributed by atoms with van der Waals surface area (Å²) in [6.07, 6.45) is -4.51. The van der Waals surface area contributed by atoms with E-state index in [2.05, 4.69) is 31.9 Å². The van der Waals surface area contributed by atoms with E-state index in [0.29, 0.717) is 0 Å². The lowest BCUT2D eigenvalue weighted by atomic mass is 10.5. The molecule has 0 bridgehead atoms. The first kappa shape index (κ1) is 11.3. The maximum atomic E-state index is 11.8. The van der Waals surface area contributed by atoms with Gasteiger partial charge in [-0.1, -0.05) is 31.9 Å². The van der Waals surface area contributed by atoms with Gasteiger partial charge in [0.25, 0.3) is 0 Å². The second kappa shape index (κ2) is 3.37. The minimum atomic E-state index is -4.51. The van der Waals surface area contributed by atoms with Gasteiger partial charge in [-0.2, -0.15) is 13.2 Å². The monoisotopic (exact) mass is 322 g/mol. The third-order valence-corrected chi connectivity index (χ3v) is 4.18. The maximum absolute atomic E-state index is 11.8. The fraction of sp³-hybridized carbons (Fsp3) is 1.00. The molecule has 0 aromatic heterocycles. The first-order chi connectivity index (χ1) is 4.19. The summed E-state index contributed by atoms with van der Waals surface area (Å²) in [5, 5.41) is 0. The average molecular weight is 325 g/mol. The van der Waals surface area contributed by atoms with Crippen LogP contribution >= 0.6 is 55.1 Å². The molecule has 0 saturated heterocycles. The van der Waals surface area contributed by atoms with Crippen molar-refractivity contribution in [1.29, 1.82) is 0 Å². The first-order valence-electron chi connectivity index (χ1n) is 1.92. The van der Waals surface area contributed by atoms with Crippen LogP contribution in [0.5, 0.6) is 0 Å². The van der Waals surface area contributed by atoms with E-state index >= 15 is 0 Å². The molecule has 0 unspecified atom stereocenters. The molecule has 0 aliphatic heterocycles. The first-order valence-corrected chi connectivity index (χ1v) is 4.38. The molecule has 0 amide bonds. The largest absolute Gasteiger partial charge is 0.416 e. The van der Waals surface area contributed by atoms with E-state index in [4.69, 9.17) is 23.2 Å². The van der Waals surface area contributed by atoms with Crippen LogP contribution < -0.4 is 0 Å². The molecular weight excluding hydrogens is 324 g/mol. The molecule has 0 aliphatic rings. The van der Waals surface area contributed by atoms with Gasteiger partial charge in [0.05, 0.1) is 0 Å². The SMILES string of the molecule is FC(F)(F)C(Br)(Br)C(Cl)Cl. The van der Waals surface area contributed by atoms with Crippen molar-refractivity contribution < 1.29 is 13.2 Å². The lowest BCUT2D eigenvalue weighted by Gasteiger charge is -2.24. The number of alkyl halides is 7. The minimum absolute atomic E-state index is 1.59. The van der Waals surface area contributed by atoms with Crippen LogP contribution in [-0.4, -0.2) is 14.2 Å². The van der Waals surface area contributed by atoms with Gasteiger partial charge in [-0.25, -0.2) is 0 Å². The van der Waals surface area contributed by atoms with Crippen LogP contribution in [0.15, 0.2) is 0 Å². The standard InChI is InChI=1S/C3HBr2Cl2F3/c4-2(5,1(6)7)3(8,9)10/h1H. The summed E-state index contributed by atoms with van der Waals surface area (Å²) in [6.45, 7) is 0. The lowest BCUT2D eigenvalue weighted by Crippen LogP contribution is -2.38. The predicted molar refractivity (Wildman–Crippen MR) is 42.1 cm³/mol. The molecule has 10 heavy (non-hydrogen) atoms. The van der Waals surface area contributed by atoms with Crippen molar-refractivity contribution in [2.75, 3.05) is 0 Å². The maximum Gasteiger partial charge on any atom is 0.416 e. The van der Waals surface area contributed by atoms with E-state index in [-0.39, 0.29) is 0 Å². The van der Waals surface area contributed by atoms with Crippen molar-refractivity contribution in [3.05, 3.63) is 0 Å². The molecule has 62 valence electrons. The van der Waals surface area contributed by atoms with E-state index in [1.165, 1.54) is 0 Å². The Morgan fingerprint density at radius 3 is 1.40 bits per heavy atom. The van der Waals surface area contributed by atoms with E-state index in [9.17, 15) is 13.2 Å². The Balaban J connectivity index is 4.40. The molecule has 0 radical (unpaired) electrons. The van der Waals surface area contributed by atoms with E-state index in [0.717, 1.165) is 0 Å². The van der Waals surface area contributed by atoms with Crippen LogP contribution in [-0.2, 0) is 0 Å². The van der Waals surface area contributed by atoms with Crippen LogP contribution in [0.3, 0.4) is 0 Å². The van der Waals surface area contributed by atoms with Gasteiger partial charge < -0.3 is 0 Å². The normalized spacial score (nSPS) is 14.4. The third-order valence-electron chi connectivity index (χ3n) is 0.652. The van der Waals surface area contributed by atoms with Crippen LogP contribution in [0.1, 0.15) is 0 Å². The van der Waals surface area contributed by atoms with Crippen LogP contribution in [0.4, 0.5) is 13.2 Å². The van der Waals surface area contributed by atoms with Gasteiger partial charge in [0, 0.05) is 0 Å². The second-order valence-electron chi connectivity index (χ2n) is 1.42. The fourth-order valence-electron chi connectivity index (χ4n) is 0.124. The Morgan fingerprint density at radius 1 is 1.10 bits per heavy atom. The third kappa shape index (κ3) is 2.43. The molecule has 0 nitrogen and oxygen atoms in total. The average Bonchev–Trinajstić information content (AvgIpc) is 1.62. The van der Waals surface area contributed by atoms with Gasteiger partial charge in [0.2, 0.25) is 3.23 Å². The smallest absolute Gasteiger partial charge is 0.168 e. The van der Waals surface area contributed by atoms with Crippen molar-refractivity contribution in [1.82, 2.24) is 0 Å². The van der Waals surface area contributed by atoms with Crippen LogP contribution in [0, 0.1) is 0 Å². The summed E-state index contributed by atoms with van der Waals surface area (Å²) in [6, 6.07) is 0. The van der Waals surface area contributed by atoms with Crippen molar-refractivity contribution in [2.24, 2.45) is 0 Å². The zero-order valence-corrected chi connectivity index (χ0v) is 8.91. The molecule has 0 heterocycles. The van der Waals surface area contributed by atoms with Crippen LogP contribution in [0.25, 0.3) is 0 Å². The lowest BCUT2D eigenvalue weighted by molar-refractivity contribution is -0.131. The molecule has 0 spiro atoms. The highest BCUT2D eigenvalue weighted by Crippen LogP contribution is 2.48. The number of hydrogen-bond acceptors (Lipinski definition) is 0. The van der Waals surface area contributed by atoms with Gasteiger partial charge in [-0.15, -0.1) is 23.2 Å². The van der Waals surface area contributed by atoms with Gasteiger partial charge in [0.15, 0.2) is 0 Å². The molecule has 0 rings (SSSR count). The Bertz CT molecular complexity index is 121. The van der Waals surface area contributed by atoms with E-state index in [1.807, 2.05) is 0 Å². The molecule has 0 N–H and O–H groups in total. The Hall–Kier alpha value is 1.33. The molecule has 0 aromatic carbocycles. The summed E-state index contributed by atoms with van der Waals surface area (Å²) in [5.41, 5.74) is 0. The van der Waals surface area contributed by atoms with Gasteiger partial charge in [-0.05, 0) is 0 Å². The van der Waals surface area contributed by atoms with Gasteiger partial charge in [0.1, 0.15) is 4.84 Å². The van der Waals surface area contributed by atoms with Crippen molar-refractivity contribution in [3.8, 4) is 0 Å². The van der Waals surface area contributed by atoms with Gasteiger partial charge >= 0.3 is 6.18 Å². The van der Waals surface area contributed by atoms with E-state index < -0.39 is 14.2 Å². The number of rotatable bonds is 1. The molecular formula is C3HBr2Cl2F3.